The number of hydrogen-bond donors (Lipinski definition) is 3. The van der Waals surface area contributed by atoms with Crippen LogP contribution in [0.4, 0.5) is 0 Å². The molecule has 1 aliphatic carbocycles. The van der Waals surface area contributed by atoms with Crippen LogP contribution in [0.25, 0.3) is 10.8 Å². The SMILES string of the molecule is COc1cccc2c(O)c3c(c(O)c12)C(=O)c1ccc(C(C)O)cc1C3=O. The summed E-state index contributed by atoms with van der Waals surface area (Å²) >= 11 is 0. The summed E-state index contributed by atoms with van der Waals surface area (Å²) < 4.78 is 5.23. The van der Waals surface area contributed by atoms with Crippen LogP contribution in [-0.4, -0.2) is 34.0 Å². The van der Waals surface area contributed by atoms with E-state index in [4.69, 9.17) is 4.74 Å². The topological polar surface area (TPSA) is 104 Å². The quantitative estimate of drug-likeness (QED) is 0.472. The second-order valence-corrected chi connectivity index (χ2v) is 6.47. The molecule has 1 atom stereocenters. The molecule has 0 saturated heterocycles. The van der Waals surface area contributed by atoms with Crippen molar-refractivity contribution >= 4 is 22.3 Å². The number of benzene rings is 3. The number of phenolic OH excluding ortho intramolecular Hbond substituents is 2. The summed E-state index contributed by atoms with van der Waals surface area (Å²) in [5, 5.41) is 31.7. The molecule has 0 radical (unpaired) electrons. The van der Waals surface area contributed by atoms with Crippen LogP contribution in [0.15, 0.2) is 36.4 Å². The molecule has 0 spiro atoms. The Bertz CT molecular complexity index is 1140. The minimum Gasteiger partial charge on any atom is -0.506 e. The Balaban J connectivity index is 2.10. The van der Waals surface area contributed by atoms with E-state index in [1.54, 1.807) is 25.1 Å². The number of phenols is 2. The van der Waals surface area contributed by atoms with Crippen molar-refractivity contribution in [1.29, 1.82) is 0 Å². The van der Waals surface area contributed by atoms with E-state index >= 15 is 0 Å². The number of fused-ring (bicyclic) bond motifs is 3. The first-order valence-corrected chi connectivity index (χ1v) is 8.32. The fourth-order valence-corrected chi connectivity index (χ4v) is 3.56. The Morgan fingerprint density at radius 2 is 1.59 bits per heavy atom. The summed E-state index contributed by atoms with van der Waals surface area (Å²) in [6, 6.07) is 9.18. The van der Waals surface area contributed by atoms with Gasteiger partial charge in [0.15, 0.2) is 11.6 Å². The number of ether oxygens (including phenoxy) is 1. The zero-order chi connectivity index (χ0) is 19.5. The molecular weight excluding hydrogens is 348 g/mol. The number of methoxy groups -OCH3 is 1. The fraction of sp³-hybridized carbons (Fsp3) is 0.143. The number of aromatic hydroxyl groups is 2. The van der Waals surface area contributed by atoms with E-state index in [0.717, 1.165) is 0 Å². The number of carbonyl (C=O) groups excluding carboxylic acids is 2. The summed E-state index contributed by atoms with van der Waals surface area (Å²) in [5.74, 6) is -1.67. The van der Waals surface area contributed by atoms with Gasteiger partial charge in [0, 0.05) is 16.5 Å². The van der Waals surface area contributed by atoms with E-state index in [9.17, 15) is 24.9 Å². The zero-order valence-corrected chi connectivity index (χ0v) is 14.6. The standard InChI is InChI=1S/C21H16O6/c1-9(22)10-6-7-11-13(8-10)20(25)16-17(18(11)23)21(26)15-12(19(16)24)4-3-5-14(15)27-2/h3-9,22,24,26H,1-2H3. The lowest BCUT2D eigenvalue weighted by atomic mass is 9.80. The number of aliphatic hydroxyl groups excluding tert-OH is 1. The van der Waals surface area contributed by atoms with Gasteiger partial charge >= 0.3 is 0 Å². The Kier molecular flexibility index (Phi) is 3.68. The van der Waals surface area contributed by atoms with E-state index in [-0.39, 0.29) is 44.5 Å². The molecule has 0 fully saturated rings. The number of rotatable bonds is 2. The molecule has 0 saturated carbocycles. The van der Waals surface area contributed by atoms with Gasteiger partial charge in [-0.1, -0.05) is 18.2 Å². The molecule has 1 aliphatic rings. The third-order valence-electron chi connectivity index (χ3n) is 4.93. The molecule has 0 aromatic heterocycles. The molecule has 0 heterocycles. The van der Waals surface area contributed by atoms with Crippen molar-refractivity contribution in [2.45, 2.75) is 13.0 Å². The fourth-order valence-electron chi connectivity index (χ4n) is 3.56. The minimum atomic E-state index is -0.817. The van der Waals surface area contributed by atoms with Crippen LogP contribution >= 0.6 is 0 Å². The molecule has 3 N–H and O–H groups in total. The van der Waals surface area contributed by atoms with Gasteiger partial charge in [-0.2, -0.15) is 0 Å². The highest BCUT2D eigenvalue weighted by Gasteiger charge is 2.37. The second-order valence-electron chi connectivity index (χ2n) is 6.47. The number of aliphatic hydroxyl groups is 1. The van der Waals surface area contributed by atoms with Crippen LogP contribution < -0.4 is 4.74 Å². The Hall–Kier alpha value is -3.38. The average molecular weight is 364 g/mol. The van der Waals surface area contributed by atoms with E-state index in [0.29, 0.717) is 5.56 Å². The number of carbonyl (C=O) groups is 2. The summed E-state index contributed by atoms with van der Waals surface area (Å²) in [6.07, 6.45) is -0.817. The molecule has 3 aromatic carbocycles. The monoisotopic (exact) mass is 364 g/mol. The van der Waals surface area contributed by atoms with Crippen molar-refractivity contribution in [2.24, 2.45) is 0 Å². The Labute approximate surface area is 154 Å². The van der Waals surface area contributed by atoms with Gasteiger partial charge in [0.25, 0.3) is 0 Å². The lowest BCUT2D eigenvalue weighted by Crippen LogP contribution is -2.22. The maximum Gasteiger partial charge on any atom is 0.198 e. The summed E-state index contributed by atoms with van der Waals surface area (Å²) in [7, 11) is 1.41. The summed E-state index contributed by atoms with van der Waals surface area (Å²) in [4.78, 5) is 26.1. The van der Waals surface area contributed by atoms with Gasteiger partial charge in [-0.05, 0) is 30.7 Å². The normalized spacial score (nSPS) is 14.0. The molecule has 27 heavy (non-hydrogen) atoms. The first-order chi connectivity index (χ1) is 12.9. The average Bonchev–Trinajstić information content (AvgIpc) is 2.67. The van der Waals surface area contributed by atoms with Gasteiger partial charge in [0.1, 0.15) is 17.2 Å². The summed E-state index contributed by atoms with van der Waals surface area (Å²) in [6.45, 7) is 1.55. The first-order valence-electron chi connectivity index (χ1n) is 8.32. The Morgan fingerprint density at radius 1 is 0.926 bits per heavy atom. The van der Waals surface area contributed by atoms with Gasteiger partial charge in [0.2, 0.25) is 0 Å². The molecule has 0 amide bonds. The number of ketones is 2. The van der Waals surface area contributed by atoms with Crippen molar-refractivity contribution in [1.82, 2.24) is 0 Å². The van der Waals surface area contributed by atoms with Crippen LogP contribution in [0.2, 0.25) is 0 Å². The predicted octanol–water partition coefficient (Wildman–Crippen LogP) is 3.09. The van der Waals surface area contributed by atoms with Crippen molar-refractivity contribution in [2.75, 3.05) is 7.11 Å². The molecule has 1 unspecified atom stereocenters. The van der Waals surface area contributed by atoms with Crippen molar-refractivity contribution < 1.29 is 29.6 Å². The minimum absolute atomic E-state index is 0.0860. The molecule has 0 bridgehead atoms. The zero-order valence-electron chi connectivity index (χ0n) is 14.6. The van der Waals surface area contributed by atoms with Gasteiger partial charge in [-0.15, -0.1) is 0 Å². The molecule has 0 aliphatic heterocycles. The summed E-state index contributed by atoms with van der Waals surface area (Å²) in [5.41, 5.74) is 0.188. The maximum absolute atomic E-state index is 13.1. The Morgan fingerprint density at radius 3 is 2.26 bits per heavy atom. The predicted molar refractivity (Wildman–Crippen MR) is 97.8 cm³/mol. The van der Waals surface area contributed by atoms with Gasteiger partial charge in [-0.25, -0.2) is 0 Å². The molecule has 3 aromatic rings. The molecule has 136 valence electrons. The lowest BCUT2D eigenvalue weighted by Gasteiger charge is -2.22. The van der Waals surface area contributed by atoms with Crippen LogP contribution in [0.3, 0.4) is 0 Å². The van der Waals surface area contributed by atoms with Crippen molar-refractivity contribution in [3.63, 3.8) is 0 Å². The number of hydrogen-bond acceptors (Lipinski definition) is 6. The smallest absolute Gasteiger partial charge is 0.198 e. The van der Waals surface area contributed by atoms with Crippen LogP contribution in [0.1, 0.15) is 50.4 Å². The molecule has 6 nitrogen and oxygen atoms in total. The largest absolute Gasteiger partial charge is 0.506 e. The van der Waals surface area contributed by atoms with Crippen LogP contribution in [0.5, 0.6) is 17.2 Å². The highest BCUT2D eigenvalue weighted by Crippen LogP contribution is 2.47. The highest BCUT2D eigenvalue weighted by molar-refractivity contribution is 6.32. The van der Waals surface area contributed by atoms with E-state index in [2.05, 4.69) is 0 Å². The second kappa shape index (κ2) is 5.82. The van der Waals surface area contributed by atoms with E-state index in [1.165, 1.54) is 25.3 Å². The molecular formula is C21H16O6. The third-order valence-corrected chi connectivity index (χ3v) is 4.93. The van der Waals surface area contributed by atoms with E-state index < -0.39 is 23.4 Å². The van der Waals surface area contributed by atoms with Crippen molar-refractivity contribution in [3.8, 4) is 17.2 Å². The van der Waals surface area contributed by atoms with Gasteiger partial charge < -0.3 is 20.1 Å². The third kappa shape index (κ3) is 2.23. The first kappa shape index (κ1) is 17.1. The highest BCUT2D eigenvalue weighted by atomic mass is 16.5. The van der Waals surface area contributed by atoms with Crippen LogP contribution in [-0.2, 0) is 0 Å². The van der Waals surface area contributed by atoms with Gasteiger partial charge in [-0.3, -0.25) is 9.59 Å². The molecule has 4 rings (SSSR count). The van der Waals surface area contributed by atoms with Gasteiger partial charge in [0.05, 0.1) is 29.7 Å². The van der Waals surface area contributed by atoms with Crippen LogP contribution in [0, 0.1) is 0 Å². The van der Waals surface area contributed by atoms with Crippen molar-refractivity contribution in [3.05, 3.63) is 64.2 Å². The van der Waals surface area contributed by atoms with E-state index in [1.807, 2.05) is 0 Å². The lowest BCUT2D eigenvalue weighted by molar-refractivity contribution is 0.0974. The maximum atomic E-state index is 13.1. The molecule has 6 heteroatoms.